The molecule has 0 radical (unpaired) electrons. The van der Waals surface area contributed by atoms with Crippen molar-refractivity contribution in [3.63, 3.8) is 0 Å². The smallest absolute Gasteiger partial charge is 0.162 e. The molecule has 1 aromatic carbocycles. The first kappa shape index (κ1) is 8.67. The van der Waals surface area contributed by atoms with E-state index in [1.807, 2.05) is 0 Å². The van der Waals surface area contributed by atoms with Crippen LogP contribution in [0.2, 0.25) is 0 Å². The van der Waals surface area contributed by atoms with Gasteiger partial charge >= 0.3 is 0 Å². The molecule has 0 amide bonds. The number of hydrogen-bond acceptors (Lipinski definition) is 0. The molecule has 1 unspecified atom stereocenters. The van der Waals surface area contributed by atoms with E-state index < -0.39 is 11.6 Å². The van der Waals surface area contributed by atoms with Crippen molar-refractivity contribution in [3.05, 3.63) is 34.9 Å². The summed E-state index contributed by atoms with van der Waals surface area (Å²) < 4.78 is 26.1. The maximum Gasteiger partial charge on any atom is 0.162 e. The Labute approximate surface area is 76.6 Å². The van der Waals surface area contributed by atoms with E-state index in [9.17, 15) is 8.78 Å². The summed E-state index contributed by atoms with van der Waals surface area (Å²) in [4.78, 5) is 0. The van der Waals surface area contributed by atoms with E-state index in [-0.39, 0.29) is 0 Å². The molecule has 0 aromatic heterocycles. The molecule has 70 valence electrons. The van der Waals surface area contributed by atoms with Gasteiger partial charge in [0.25, 0.3) is 0 Å². The van der Waals surface area contributed by atoms with Crippen molar-refractivity contribution in [1.29, 1.82) is 0 Å². The minimum absolute atomic E-state index is 0.506. The summed E-state index contributed by atoms with van der Waals surface area (Å²) in [6.45, 7) is 2.09. The lowest BCUT2D eigenvalue weighted by atomic mass is 10.0. The molecule has 1 aromatic rings. The van der Waals surface area contributed by atoms with Gasteiger partial charge < -0.3 is 0 Å². The van der Waals surface area contributed by atoms with Gasteiger partial charge in [-0.25, -0.2) is 8.78 Å². The van der Waals surface area contributed by atoms with Gasteiger partial charge in [0.15, 0.2) is 11.6 Å². The molecule has 0 saturated heterocycles. The molecule has 0 heterocycles. The standard InChI is InChI=1S/C11H12F2/c1-2-7-5-8-3-4-10(12)11(13)9(8)6-7/h3-4,7H,2,5-6H2,1H3. The third-order valence-corrected chi connectivity index (χ3v) is 2.87. The van der Waals surface area contributed by atoms with Crippen LogP contribution in [0.5, 0.6) is 0 Å². The van der Waals surface area contributed by atoms with E-state index in [1.54, 1.807) is 6.07 Å². The third-order valence-electron chi connectivity index (χ3n) is 2.87. The van der Waals surface area contributed by atoms with E-state index in [1.165, 1.54) is 6.07 Å². The second-order valence-corrected chi connectivity index (χ2v) is 3.68. The van der Waals surface area contributed by atoms with E-state index in [0.29, 0.717) is 17.9 Å². The van der Waals surface area contributed by atoms with Crippen LogP contribution in [-0.4, -0.2) is 0 Å². The van der Waals surface area contributed by atoms with Crippen molar-refractivity contribution in [3.8, 4) is 0 Å². The second kappa shape index (κ2) is 3.09. The molecule has 1 atom stereocenters. The first-order chi connectivity index (χ1) is 6.22. The lowest BCUT2D eigenvalue weighted by Crippen LogP contribution is -1.96. The molecule has 2 heteroatoms. The minimum Gasteiger partial charge on any atom is -0.204 e. The largest absolute Gasteiger partial charge is 0.204 e. The highest BCUT2D eigenvalue weighted by molar-refractivity contribution is 5.34. The predicted octanol–water partition coefficient (Wildman–Crippen LogP) is 3.09. The number of hydrogen-bond donors (Lipinski definition) is 0. The zero-order valence-corrected chi connectivity index (χ0v) is 7.61. The zero-order chi connectivity index (χ0) is 9.42. The molecule has 2 rings (SSSR count). The van der Waals surface area contributed by atoms with Crippen molar-refractivity contribution in [2.24, 2.45) is 5.92 Å². The number of rotatable bonds is 1. The fraction of sp³-hybridized carbons (Fsp3) is 0.455. The molecule has 0 bridgehead atoms. The van der Waals surface area contributed by atoms with Crippen LogP contribution in [0.4, 0.5) is 8.78 Å². The van der Waals surface area contributed by atoms with E-state index in [0.717, 1.165) is 18.4 Å². The van der Waals surface area contributed by atoms with Gasteiger partial charge in [-0.15, -0.1) is 0 Å². The molecule has 0 saturated carbocycles. The number of benzene rings is 1. The maximum atomic E-state index is 13.2. The number of halogens is 2. The van der Waals surface area contributed by atoms with Crippen molar-refractivity contribution in [1.82, 2.24) is 0 Å². The Kier molecular flexibility index (Phi) is 2.06. The van der Waals surface area contributed by atoms with Gasteiger partial charge in [-0.3, -0.25) is 0 Å². The third kappa shape index (κ3) is 1.34. The molecule has 0 aliphatic heterocycles. The summed E-state index contributed by atoms with van der Waals surface area (Å²) in [5.41, 5.74) is 1.60. The van der Waals surface area contributed by atoms with E-state index in [2.05, 4.69) is 6.92 Å². The van der Waals surface area contributed by atoms with Gasteiger partial charge in [0.1, 0.15) is 0 Å². The Bertz CT molecular complexity index is 331. The second-order valence-electron chi connectivity index (χ2n) is 3.68. The summed E-state index contributed by atoms with van der Waals surface area (Å²) >= 11 is 0. The van der Waals surface area contributed by atoms with Crippen LogP contribution >= 0.6 is 0 Å². The summed E-state index contributed by atoms with van der Waals surface area (Å²) in [6.07, 6.45) is 2.65. The van der Waals surface area contributed by atoms with Gasteiger partial charge in [-0.05, 0) is 36.0 Å². The summed E-state index contributed by atoms with van der Waals surface area (Å²) in [7, 11) is 0. The summed E-state index contributed by atoms with van der Waals surface area (Å²) in [5.74, 6) is -0.838. The minimum atomic E-state index is -0.712. The predicted molar refractivity (Wildman–Crippen MR) is 47.5 cm³/mol. The zero-order valence-electron chi connectivity index (χ0n) is 7.61. The fourth-order valence-corrected chi connectivity index (χ4v) is 2.01. The monoisotopic (exact) mass is 182 g/mol. The van der Waals surface area contributed by atoms with Crippen LogP contribution in [0.1, 0.15) is 24.5 Å². The molecular weight excluding hydrogens is 170 g/mol. The highest BCUT2D eigenvalue weighted by atomic mass is 19.2. The van der Waals surface area contributed by atoms with Gasteiger partial charge in [-0.1, -0.05) is 19.4 Å². The summed E-state index contributed by atoms with van der Waals surface area (Å²) in [5, 5.41) is 0. The van der Waals surface area contributed by atoms with Gasteiger partial charge in [0.2, 0.25) is 0 Å². The molecule has 1 aliphatic carbocycles. The topological polar surface area (TPSA) is 0 Å². The van der Waals surface area contributed by atoms with Gasteiger partial charge in [-0.2, -0.15) is 0 Å². The van der Waals surface area contributed by atoms with Gasteiger partial charge in [0, 0.05) is 0 Å². The molecule has 0 nitrogen and oxygen atoms in total. The van der Waals surface area contributed by atoms with Crippen molar-refractivity contribution in [2.45, 2.75) is 26.2 Å². The van der Waals surface area contributed by atoms with E-state index >= 15 is 0 Å². The van der Waals surface area contributed by atoms with Crippen LogP contribution in [0.3, 0.4) is 0 Å². The number of fused-ring (bicyclic) bond motifs is 1. The molecule has 0 fully saturated rings. The molecular formula is C11H12F2. The molecule has 0 spiro atoms. The van der Waals surface area contributed by atoms with Crippen LogP contribution in [0.15, 0.2) is 12.1 Å². The van der Waals surface area contributed by atoms with Crippen LogP contribution in [0, 0.1) is 17.6 Å². The van der Waals surface area contributed by atoms with E-state index in [4.69, 9.17) is 0 Å². The van der Waals surface area contributed by atoms with Crippen molar-refractivity contribution in [2.75, 3.05) is 0 Å². The van der Waals surface area contributed by atoms with Gasteiger partial charge in [0.05, 0.1) is 0 Å². The SMILES string of the molecule is CCC1Cc2ccc(F)c(F)c2C1. The molecule has 1 aliphatic rings. The average Bonchev–Trinajstić information content (AvgIpc) is 2.55. The lowest BCUT2D eigenvalue weighted by molar-refractivity contribution is 0.490. The quantitative estimate of drug-likeness (QED) is 0.626. The fourth-order valence-electron chi connectivity index (χ4n) is 2.01. The maximum absolute atomic E-state index is 13.2. The van der Waals surface area contributed by atoms with Crippen LogP contribution < -0.4 is 0 Å². The normalized spacial score (nSPS) is 20.4. The lowest BCUT2D eigenvalue weighted by Gasteiger charge is -2.01. The molecule has 13 heavy (non-hydrogen) atoms. The van der Waals surface area contributed by atoms with Crippen LogP contribution in [-0.2, 0) is 12.8 Å². The Hall–Kier alpha value is -0.920. The Morgan fingerprint density at radius 1 is 1.31 bits per heavy atom. The Balaban J connectivity index is 2.40. The van der Waals surface area contributed by atoms with Crippen LogP contribution in [0.25, 0.3) is 0 Å². The Morgan fingerprint density at radius 3 is 2.77 bits per heavy atom. The molecule has 0 N–H and O–H groups in total. The van der Waals surface area contributed by atoms with Crippen molar-refractivity contribution < 1.29 is 8.78 Å². The average molecular weight is 182 g/mol. The highest BCUT2D eigenvalue weighted by Crippen LogP contribution is 2.31. The first-order valence-electron chi connectivity index (χ1n) is 4.68. The highest BCUT2D eigenvalue weighted by Gasteiger charge is 2.24. The van der Waals surface area contributed by atoms with Crippen molar-refractivity contribution >= 4 is 0 Å². The summed E-state index contributed by atoms with van der Waals surface area (Å²) in [6, 6.07) is 2.94. The first-order valence-corrected chi connectivity index (χ1v) is 4.68. The Morgan fingerprint density at radius 2 is 2.08 bits per heavy atom.